The van der Waals surface area contributed by atoms with Crippen molar-refractivity contribution in [3.63, 3.8) is 0 Å². The Morgan fingerprint density at radius 1 is 1.29 bits per heavy atom. The number of hydrogen-bond acceptors (Lipinski definition) is 5. The highest BCUT2D eigenvalue weighted by Gasteiger charge is 2.18. The van der Waals surface area contributed by atoms with Gasteiger partial charge in [-0.2, -0.15) is 0 Å². The van der Waals surface area contributed by atoms with Crippen LogP contribution in [0.5, 0.6) is 0 Å². The van der Waals surface area contributed by atoms with E-state index >= 15 is 0 Å². The second-order valence-electron chi connectivity index (χ2n) is 5.12. The molecular formula is C14H26N2O4S. The number of nitrogens with one attached hydrogen (secondary N) is 2. The number of hydrogen-bond donors (Lipinski definition) is 2. The lowest BCUT2D eigenvalue weighted by molar-refractivity contribution is 0.133. The number of ether oxygens (including phenoxy) is 1. The highest BCUT2D eigenvalue weighted by molar-refractivity contribution is 7.89. The van der Waals surface area contributed by atoms with Crippen molar-refractivity contribution >= 4 is 10.0 Å². The first-order valence-electron chi connectivity index (χ1n) is 7.35. The predicted molar refractivity (Wildman–Crippen MR) is 81.6 cm³/mol. The van der Waals surface area contributed by atoms with Gasteiger partial charge in [-0.15, -0.1) is 0 Å². The Morgan fingerprint density at radius 3 is 2.71 bits per heavy atom. The molecule has 0 saturated carbocycles. The quantitative estimate of drug-likeness (QED) is 0.609. The molecule has 0 radical (unpaired) electrons. The molecule has 1 aromatic heterocycles. The predicted octanol–water partition coefficient (Wildman–Crippen LogP) is 1.87. The lowest BCUT2D eigenvalue weighted by atomic mass is 10.3. The van der Waals surface area contributed by atoms with Gasteiger partial charge in [0.25, 0.3) is 10.0 Å². The molecule has 6 nitrogen and oxygen atoms in total. The molecule has 2 N–H and O–H groups in total. The number of sulfonamides is 1. The summed E-state index contributed by atoms with van der Waals surface area (Å²) in [6, 6.07) is 3.47. The third-order valence-corrected chi connectivity index (χ3v) is 4.03. The number of furan rings is 1. The third-order valence-electron chi connectivity index (χ3n) is 2.69. The molecule has 0 bridgehead atoms. The molecule has 0 aromatic carbocycles. The lowest BCUT2D eigenvalue weighted by Gasteiger charge is -2.06. The van der Waals surface area contributed by atoms with Gasteiger partial charge in [-0.3, -0.25) is 0 Å². The van der Waals surface area contributed by atoms with Crippen molar-refractivity contribution in [2.75, 3.05) is 19.8 Å². The molecule has 1 aromatic rings. The molecule has 122 valence electrons. The molecular weight excluding hydrogens is 292 g/mol. The maximum absolute atomic E-state index is 12.0. The van der Waals surface area contributed by atoms with Crippen LogP contribution >= 0.6 is 0 Å². The van der Waals surface area contributed by atoms with Crippen LogP contribution in [0.4, 0.5) is 0 Å². The Bertz CT molecular complexity index is 497. The van der Waals surface area contributed by atoms with Crippen LogP contribution in [0.3, 0.4) is 0 Å². The van der Waals surface area contributed by atoms with Crippen LogP contribution < -0.4 is 10.0 Å². The van der Waals surface area contributed by atoms with Gasteiger partial charge < -0.3 is 14.5 Å². The van der Waals surface area contributed by atoms with Crippen LogP contribution in [0, 0.1) is 0 Å². The highest BCUT2D eigenvalue weighted by Crippen LogP contribution is 2.13. The molecule has 1 rings (SSSR count). The minimum Gasteiger partial charge on any atom is -0.447 e. The van der Waals surface area contributed by atoms with Gasteiger partial charge in [-0.1, -0.05) is 20.8 Å². The number of rotatable bonds is 11. The zero-order valence-corrected chi connectivity index (χ0v) is 13.8. The van der Waals surface area contributed by atoms with E-state index in [0.717, 1.165) is 6.42 Å². The summed E-state index contributed by atoms with van der Waals surface area (Å²) in [5.41, 5.74) is 0. The minimum atomic E-state index is -3.57. The lowest BCUT2D eigenvalue weighted by Crippen LogP contribution is -2.25. The van der Waals surface area contributed by atoms with E-state index < -0.39 is 10.0 Å². The fourth-order valence-corrected chi connectivity index (χ4v) is 2.62. The molecule has 1 heterocycles. The SMILES string of the molecule is CCCOCCCNS(=O)(=O)c1ccc(CNC(C)C)o1. The van der Waals surface area contributed by atoms with Gasteiger partial charge in [0.15, 0.2) is 0 Å². The fraction of sp³-hybridized carbons (Fsp3) is 0.714. The van der Waals surface area contributed by atoms with Crippen molar-refractivity contribution in [2.24, 2.45) is 0 Å². The summed E-state index contributed by atoms with van der Waals surface area (Å²) in [5, 5.41) is 3.13. The summed E-state index contributed by atoms with van der Waals surface area (Å²) < 4.78 is 37.2. The van der Waals surface area contributed by atoms with Crippen LogP contribution in [0.25, 0.3) is 0 Å². The molecule has 0 amide bonds. The minimum absolute atomic E-state index is 0.0440. The van der Waals surface area contributed by atoms with Crippen LogP contribution in [0.15, 0.2) is 21.6 Å². The molecule has 0 unspecified atom stereocenters. The second-order valence-corrected chi connectivity index (χ2v) is 6.82. The maximum Gasteiger partial charge on any atom is 0.273 e. The molecule has 0 aliphatic heterocycles. The van der Waals surface area contributed by atoms with E-state index in [4.69, 9.17) is 9.15 Å². The summed E-state index contributed by atoms with van der Waals surface area (Å²) in [5.74, 6) is 0.607. The Balaban J connectivity index is 2.40. The molecule has 0 aliphatic rings. The van der Waals surface area contributed by atoms with E-state index in [0.29, 0.717) is 44.5 Å². The van der Waals surface area contributed by atoms with E-state index in [2.05, 4.69) is 10.0 Å². The Hall–Kier alpha value is -0.890. The van der Waals surface area contributed by atoms with Crippen molar-refractivity contribution in [3.8, 4) is 0 Å². The average molecular weight is 318 g/mol. The van der Waals surface area contributed by atoms with Gasteiger partial charge >= 0.3 is 0 Å². The van der Waals surface area contributed by atoms with E-state index in [1.165, 1.54) is 6.07 Å². The van der Waals surface area contributed by atoms with Crippen molar-refractivity contribution in [3.05, 3.63) is 17.9 Å². The topological polar surface area (TPSA) is 80.6 Å². The first-order valence-corrected chi connectivity index (χ1v) is 8.83. The second kappa shape index (κ2) is 9.19. The Morgan fingerprint density at radius 2 is 2.05 bits per heavy atom. The molecule has 0 atom stereocenters. The molecule has 21 heavy (non-hydrogen) atoms. The average Bonchev–Trinajstić information content (AvgIpc) is 2.90. The van der Waals surface area contributed by atoms with Crippen molar-refractivity contribution in [1.82, 2.24) is 10.0 Å². The van der Waals surface area contributed by atoms with E-state index in [1.807, 2.05) is 20.8 Å². The molecule has 0 fully saturated rings. The summed E-state index contributed by atoms with van der Waals surface area (Å²) >= 11 is 0. The summed E-state index contributed by atoms with van der Waals surface area (Å²) in [6.07, 6.45) is 1.60. The van der Waals surface area contributed by atoms with E-state index in [1.54, 1.807) is 6.07 Å². The summed E-state index contributed by atoms with van der Waals surface area (Å²) in [6.45, 7) is 8.18. The highest BCUT2D eigenvalue weighted by atomic mass is 32.2. The first-order chi connectivity index (χ1) is 9.95. The maximum atomic E-state index is 12.0. The van der Waals surface area contributed by atoms with Gasteiger partial charge in [0.2, 0.25) is 5.09 Å². The zero-order valence-electron chi connectivity index (χ0n) is 13.0. The molecule has 7 heteroatoms. The van der Waals surface area contributed by atoms with Crippen molar-refractivity contribution < 1.29 is 17.6 Å². The van der Waals surface area contributed by atoms with Crippen LogP contribution in [-0.2, 0) is 21.3 Å². The van der Waals surface area contributed by atoms with Gasteiger partial charge in [-0.25, -0.2) is 13.1 Å². The van der Waals surface area contributed by atoms with E-state index in [9.17, 15) is 8.42 Å². The van der Waals surface area contributed by atoms with Crippen molar-refractivity contribution in [2.45, 2.75) is 51.3 Å². The van der Waals surface area contributed by atoms with Gasteiger partial charge in [0, 0.05) is 25.8 Å². The normalized spacial score (nSPS) is 12.2. The third kappa shape index (κ3) is 7.08. The molecule has 0 saturated heterocycles. The van der Waals surface area contributed by atoms with Crippen LogP contribution in [0.2, 0.25) is 0 Å². The monoisotopic (exact) mass is 318 g/mol. The fourth-order valence-electron chi connectivity index (χ4n) is 1.60. The Kier molecular flexibility index (Phi) is 7.95. The van der Waals surface area contributed by atoms with Crippen LogP contribution in [0.1, 0.15) is 39.4 Å². The summed E-state index contributed by atoms with van der Waals surface area (Å²) in [7, 11) is -3.57. The summed E-state index contributed by atoms with van der Waals surface area (Å²) in [4.78, 5) is 0. The van der Waals surface area contributed by atoms with Gasteiger partial charge in [-0.05, 0) is 25.0 Å². The van der Waals surface area contributed by atoms with E-state index in [-0.39, 0.29) is 5.09 Å². The van der Waals surface area contributed by atoms with Gasteiger partial charge in [0.05, 0.1) is 6.54 Å². The smallest absolute Gasteiger partial charge is 0.273 e. The van der Waals surface area contributed by atoms with Crippen LogP contribution in [-0.4, -0.2) is 34.2 Å². The van der Waals surface area contributed by atoms with Crippen molar-refractivity contribution in [1.29, 1.82) is 0 Å². The molecule has 0 aliphatic carbocycles. The zero-order chi connectivity index (χ0) is 15.7. The Labute approximate surface area is 127 Å². The molecule has 0 spiro atoms. The standard InChI is InChI=1S/C14H26N2O4S/c1-4-9-19-10-5-8-16-21(17,18)14-7-6-13(20-14)11-15-12(2)3/h6-7,12,15-16H,4-5,8-11H2,1-3H3. The first kappa shape index (κ1) is 18.2. The van der Waals surface area contributed by atoms with Gasteiger partial charge in [0.1, 0.15) is 5.76 Å². The largest absolute Gasteiger partial charge is 0.447 e.